The molecule has 0 radical (unpaired) electrons. The Morgan fingerprint density at radius 2 is 1.91 bits per heavy atom. The van der Waals surface area contributed by atoms with Crippen LogP contribution < -0.4 is 5.32 Å². The second-order valence-electron chi connectivity index (χ2n) is 3.31. The molecule has 1 aliphatic rings. The maximum atomic E-state index is 11.1. The Morgan fingerprint density at radius 3 is 2.00 bits per heavy atom. The van der Waals surface area contributed by atoms with E-state index < -0.39 is 5.54 Å². The van der Waals surface area contributed by atoms with Gasteiger partial charge in [-0.15, -0.1) is 0 Å². The largest absolute Gasteiger partial charge is 0.344 e. The SMILES string of the molecule is CC(=O)N[C@]1(C(C)=O)C[C@H]1C. The van der Waals surface area contributed by atoms with Gasteiger partial charge < -0.3 is 5.32 Å². The quantitative estimate of drug-likeness (QED) is 0.630. The van der Waals surface area contributed by atoms with E-state index in [2.05, 4.69) is 5.32 Å². The first-order chi connectivity index (χ1) is 4.99. The van der Waals surface area contributed by atoms with Crippen molar-refractivity contribution in [1.82, 2.24) is 5.32 Å². The molecule has 1 rings (SSSR count). The highest BCUT2D eigenvalue weighted by molar-refractivity contribution is 5.94. The zero-order valence-electron chi connectivity index (χ0n) is 7.10. The molecule has 1 N–H and O–H groups in total. The summed E-state index contributed by atoms with van der Waals surface area (Å²) in [6.07, 6.45) is 0.794. The van der Waals surface area contributed by atoms with Gasteiger partial charge in [-0.05, 0) is 19.3 Å². The summed E-state index contributed by atoms with van der Waals surface area (Å²) in [7, 11) is 0. The summed E-state index contributed by atoms with van der Waals surface area (Å²) in [5.41, 5.74) is -0.508. The molecule has 0 aromatic carbocycles. The van der Waals surface area contributed by atoms with Gasteiger partial charge in [-0.2, -0.15) is 0 Å². The van der Waals surface area contributed by atoms with Crippen molar-refractivity contribution >= 4 is 11.7 Å². The van der Waals surface area contributed by atoms with Crippen molar-refractivity contribution in [3.05, 3.63) is 0 Å². The summed E-state index contributed by atoms with van der Waals surface area (Å²) in [6.45, 7) is 4.94. The number of rotatable bonds is 2. The summed E-state index contributed by atoms with van der Waals surface area (Å²) >= 11 is 0. The minimum atomic E-state index is -0.508. The Bertz CT molecular complexity index is 212. The van der Waals surface area contributed by atoms with Gasteiger partial charge in [0.15, 0.2) is 5.78 Å². The van der Waals surface area contributed by atoms with E-state index in [4.69, 9.17) is 0 Å². The molecule has 3 nitrogen and oxygen atoms in total. The lowest BCUT2D eigenvalue weighted by Crippen LogP contribution is -2.42. The molecule has 11 heavy (non-hydrogen) atoms. The molecule has 0 aromatic heterocycles. The van der Waals surface area contributed by atoms with Gasteiger partial charge in [-0.1, -0.05) is 6.92 Å². The number of amides is 1. The van der Waals surface area contributed by atoms with Crippen LogP contribution in [0.1, 0.15) is 27.2 Å². The minimum absolute atomic E-state index is 0.0696. The smallest absolute Gasteiger partial charge is 0.217 e. The zero-order valence-corrected chi connectivity index (χ0v) is 7.10. The molecule has 2 atom stereocenters. The third-order valence-electron chi connectivity index (χ3n) is 2.34. The summed E-state index contributed by atoms with van der Waals surface area (Å²) in [6, 6.07) is 0. The molecule has 0 saturated heterocycles. The topological polar surface area (TPSA) is 46.2 Å². The highest BCUT2D eigenvalue weighted by Gasteiger charge is 2.55. The number of ketones is 1. The Hall–Kier alpha value is -0.860. The lowest BCUT2D eigenvalue weighted by Gasteiger charge is -2.12. The Balaban J connectivity index is 2.65. The number of hydrogen-bond acceptors (Lipinski definition) is 2. The van der Waals surface area contributed by atoms with Crippen LogP contribution in [-0.4, -0.2) is 17.2 Å². The van der Waals surface area contributed by atoms with Crippen LogP contribution in [0.2, 0.25) is 0 Å². The first-order valence-corrected chi connectivity index (χ1v) is 3.79. The molecule has 0 heterocycles. The minimum Gasteiger partial charge on any atom is -0.344 e. The highest BCUT2D eigenvalue weighted by atomic mass is 16.2. The van der Waals surface area contributed by atoms with Crippen molar-refractivity contribution < 1.29 is 9.59 Å². The van der Waals surface area contributed by atoms with Gasteiger partial charge in [0.25, 0.3) is 0 Å². The van der Waals surface area contributed by atoms with E-state index >= 15 is 0 Å². The highest BCUT2D eigenvalue weighted by Crippen LogP contribution is 2.43. The second-order valence-corrected chi connectivity index (χ2v) is 3.31. The van der Waals surface area contributed by atoms with E-state index in [0.29, 0.717) is 5.92 Å². The van der Waals surface area contributed by atoms with E-state index in [0.717, 1.165) is 6.42 Å². The molecule has 0 unspecified atom stereocenters. The Morgan fingerprint density at radius 1 is 1.45 bits per heavy atom. The molecular formula is C8H13NO2. The van der Waals surface area contributed by atoms with Crippen molar-refractivity contribution in [3.8, 4) is 0 Å². The predicted octanol–water partition coefficient (Wildman–Crippen LogP) is 0.490. The van der Waals surface area contributed by atoms with Gasteiger partial charge in [-0.3, -0.25) is 9.59 Å². The van der Waals surface area contributed by atoms with Crippen LogP contribution in [0, 0.1) is 5.92 Å². The van der Waals surface area contributed by atoms with Crippen molar-refractivity contribution in [3.63, 3.8) is 0 Å². The first kappa shape index (κ1) is 8.24. The van der Waals surface area contributed by atoms with Gasteiger partial charge in [-0.25, -0.2) is 0 Å². The van der Waals surface area contributed by atoms with E-state index in [9.17, 15) is 9.59 Å². The van der Waals surface area contributed by atoms with Gasteiger partial charge in [0.2, 0.25) is 5.91 Å². The maximum Gasteiger partial charge on any atom is 0.217 e. The van der Waals surface area contributed by atoms with Crippen molar-refractivity contribution in [1.29, 1.82) is 0 Å². The van der Waals surface area contributed by atoms with E-state index in [-0.39, 0.29) is 11.7 Å². The molecular weight excluding hydrogens is 142 g/mol. The molecule has 1 amide bonds. The Kier molecular flexibility index (Phi) is 1.74. The monoisotopic (exact) mass is 155 g/mol. The second kappa shape index (κ2) is 2.32. The van der Waals surface area contributed by atoms with Gasteiger partial charge in [0, 0.05) is 6.92 Å². The van der Waals surface area contributed by atoms with Crippen LogP contribution >= 0.6 is 0 Å². The summed E-state index contributed by atoms with van der Waals surface area (Å²) in [5, 5.41) is 2.69. The number of nitrogens with one attached hydrogen (secondary N) is 1. The molecule has 3 heteroatoms. The number of carbonyl (C=O) groups excluding carboxylic acids is 2. The summed E-state index contributed by atoms with van der Waals surface area (Å²) in [4.78, 5) is 21.7. The fraction of sp³-hybridized carbons (Fsp3) is 0.750. The summed E-state index contributed by atoms with van der Waals surface area (Å²) in [5.74, 6) is 0.258. The van der Waals surface area contributed by atoms with Crippen molar-refractivity contribution in [2.45, 2.75) is 32.7 Å². The van der Waals surface area contributed by atoms with Crippen molar-refractivity contribution in [2.75, 3.05) is 0 Å². The van der Waals surface area contributed by atoms with Crippen LogP contribution in [0.15, 0.2) is 0 Å². The van der Waals surface area contributed by atoms with Crippen LogP contribution in [-0.2, 0) is 9.59 Å². The third kappa shape index (κ3) is 1.27. The molecule has 1 fully saturated rings. The van der Waals surface area contributed by atoms with Gasteiger partial charge in [0.1, 0.15) is 5.54 Å². The van der Waals surface area contributed by atoms with Gasteiger partial charge in [0.05, 0.1) is 0 Å². The fourth-order valence-electron chi connectivity index (χ4n) is 1.49. The Labute approximate surface area is 66.2 Å². The number of carbonyl (C=O) groups is 2. The standard InChI is InChI=1S/C8H13NO2/c1-5-4-8(5,6(2)10)9-7(3)11/h5H,4H2,1-3H3,(H,9,11)/t5-,8-/m1/s1. The predicted molar refractivity (Wildman–Crippen MR) is 41.0 cm³/mol. The fourth-order valence-corrected chi connectivity index (χ4v) is 1.49. The zero-order chi connectivity index (χ0) is 8.65. The molecule has 1 saturated carbocycles. The molecule has 0 spiro atoms. The van der Waals surface area contributed by atoms with Crippen molar-refractivity contribution in [2.24, 2.45) is 5.92 Å². The van der Waals surface area contributed by atoms with Crippen LogP contribution in [0.5, 0.6) is 0 Å². The van der Waals surface area contributed by atoms with Gasteiger partial charge >= 0.3 is 0 Å². The van der Waals surface area contributed by atoms with E-state index in [1.807, 2.05) is 6.92 Å². The van der Waals surface area contributed by atoms with Crippen LogP contribution in [0.4, 0.5) is 0 Å². The normalized spacial score (nSPS) is 34.6. The third-order valence-corrected chi connectivity index (χ3v) is 2.34. The van der Waals surface area contributed by atoms with E-state index in [1.165, 1.54) is 13.8 Å². The van der Waals surface area contributed by atoms with E-state index in [1.54, 1.807) is 0 Å². The number of hydrogen-bond donors (Lipinski definition) is 1. The average molecular weight is 155 g/mol. The lowest BCUT2D eigenvalue weighted by molar-refractivity contribution is -0.126. The molecule has 1 aliphatic carbocycles. The molecule has 0 bridgehead atoms. The molecule has 0 aliphatic heterocycles. The molecule has 62 valence electrons. The first-order valence-electron chi connectivity index (χ1n) is 3.79. The summed E-state index contributed by atoms with van der Waals surface area (Å²) < 4.78 is 0. The number of Topliss-reactive ketones (excluding diaryl/α,β-unsaturated/α-hetero) is 1. The average Bonchev–Trinajstić information content (AvgIpc) is 2.41. The molecule has 0 aromatic rings. The maximum absolute atomic E-state index is 11.1. The lowest BCUT2D eigenvalue weighted by atomic mass is 10.1. The van der Waals surface area contributed by atoms with Crippen LogP contribution in [0.25, 0.3) is 0 Å². The van der Waals surface area contributed by atoms with Crippen LogP contribution in [0.3, 0.4) is 0 Å².